The largest absolute Gasteiger partial charge is 0.466 e. The summed E-state index contributed by atoms with van der Waals surface area (Å²) in [7, 11) is 0. The first-order valence-corrected chi connectivity index (χ1v) is 38.1. The first kappa shape index (κ1) is 81.3. The number of esters is 1. The number of aliphatic hydroxyl groups excluding tert-OH is 2. The molecule has 0 aromatic rings. The molecule has 83 heavy (non-hydrogen) atoms. The van der Waals surface area contributed by atoms with Gasteiger partial charge >= 0.3 is 5.97 Å². The molecule has 0 rings (SSSR count). The lowest BCUT2D eigenvalue weighted by Gasteiger charge is -2.20. The van der Waals surface area contributed by atoms with E-state index in [2.05, 4.69) is 31.3 Å². The van der Waals surface area contributed by atoms with Crippen molar-refractivity contribution >= 4 is 11.9 Å². The van der Waals surface area contributed by atoms with Gasteiger partial charge < -0.3 is 20.3 Å². The van der Waals surface area contributed by atoms with Gasteiger partial charge in [-0.25, -0.2) is 0 Å². The highest BCUT2D eigenvalue weighted by molar-refractivity contribution is 5.76. The van der Waals surface area contributed by atoms with E-state index < -0.39 is 12.1 Å². The maximum absolute atomic E-state index is 12.5. The second-order valence-electron chi connectivity index (χ2n) is 26.3. The number of carbonyl (C=O) groups excluding carboxylic acids is 2. The van der Waals surface area contributed by atoms with Crippen LogP contribution in [0.1, 0.15) is 431 Å². The molecule has 0 aromatic heterocycles. The van der Waals surface area contributed by atoms with Crippen LogP contribution in [0.5, 0.6) is 0 Å². The molecule has 0 fully saturated rings. The highest BCUT2D eigenvalue weighted by Gasteiger charge is 2.18. The summed E-state index contributed by atoms with van der Waals surface area (Å²) in [5.74, 6) is -0.0453. The number of allylic oxidation sites excluding steroid dienone is 3. The van der Waals surface area contributed by atoms with Crippen molar-refractivity contribution in [1.82, 2.24) is 5.32 Å². The summed E-state index contributed by atoms with van der Waals surface area (Å²) in [6.45, 7) is 4.90. The highest BCUT2D eigenvalue weighted by atomic mass is 16.5. The topological polar surface area (TPSA) is 95.9 Å². The standard InChI is InChI=1S/C77H149NO5/c1-3-5-7-9-11-13-15-16-17-43-46-50-53-57-61-65-69-75(80)74(73-79)78-76(81)70-66-62-58-54-51-47-44-41-39-37-35-33-31-29-27-25-23-21-19-18-20-22-24-26-28-30-32-34-36-38-40-42-45-48-52-56-60-64-68-72-83-77(82)71-67-63-59-55-49-14-12-10-8-6-4-2/h10,12,65,69,74-75,79-80H,3-9,11,13-64,66-68,70-73H2,1-2H3,(H,78,81)/b12-10-,69-65+. The maximum atomic E-state index is 12.5. The quantitative estimate of drug-likeness (QED) is 0.0320. The molecule has 2 unspecified atom stereocenters. The molecule has 0 radical (unpaired) electrons. The van der Waals surface area contributed by atoms with Crippen molar-refractivity contribution in [1.29, 1.82) is 0 Å². The average Bonchev–Trinajstić information content (AvgIpc) is 3.50. The Kier molecular flexibility index (Phi) is 71.4. The Labute approximate surface area is 520 Å². The van der Waals surface area contributed by atoms with Crippen LogP contribution in [0.2, 0.25) is 0 Å². The van der Waals surface area contributed by atoms with Crippen LogP contribution in [0.3, 0.4) is 0 Å². The minimum absolute atomic E-state index is 0.0133. The van der Waals surface area contributed by atoms with Crippen molar-refractivity contribution in [3.05, 3.63) is 24.3 Å². The summed E-state index contributed by atoms with van der Waals surface area (Å²) in [6.07, 6.45) is 93.1. The molecule has 0 aliphatic rings. The fourth-order valence-corrected chi connectivity index (χ4v) is 12.2. The Morgan fingerprint density at radius 2 is 0.578 bits per heavy atom. The zero-order valence-electron chi connectivity index (χ0n) is 56.5. The molecule has 1 amide bonds. The van der Waals surface area contributed by atoms with E-state index in [1.807, 2.05) is 6.08 Å². The number of amides is 1. The van der Waals surface area contributed by atoms with Crippen molar-refractivity contribution in [2.45, 2.75) is 443 Å². The number of aliphatic hydroxyl groups is 2. The molecule has 492 valence electrons. The molecule has 2 atom stereocenters. The van der Waals surface area contributed by atoms with E-state index in [1.54, 1.807) is 6.08 Å². The summed E-state index contributed by atoms with van der Waals surface area (Å²) < 4.78 is 5.47. The first-order valence-electron chi connectivity index (χ1n) is 38.1. The minimum atomic E-state index is -0.840. The lowest BCUT2D eigenvalue weighted by Crippen LogP contribution is -2.45. The third-order valence-corrected chi connectivity index (χ3v) is 18.0. The van der Waals surface area contributed by atoms with Crippen molar-refractivity contribution in [3.8, 4) is 0 Å². The van der Waals surface area contributed by atoms with Crippen LogP contribution in [0.15, 0.2) is 24.3 Å². The van der Waals surface area contributed by atoms with Gasteiger partial charge in [0.25, 0.3) is 0 Å². The van der Waals surface area contributed by atoms with E-state index in [9.17, 15) is 19.8 Å². The average molecular weight is 1170 g/mol. The van der Waals surface area contributed by atoms with Crippen LogP contribution in [-0.2, 0) is 14.3 Å². The van der Waals surface area contributed by atoms with Gasteiger partial charge in [-0.2, -0.15) is 0 Å². The third kappa shape index (κ3) is 69.3. The van der Waals surface area contributed by atoms with E-state index in [-0.39, 0.29) is 18.5 Å². The number of ether oxygens (including phenoxy) is 1. The molecule has 0 saturated carbocycles. The van der Waals surface area contributed by atoms with Crippen LogP contribution in [0.25, 0.3) is 0 Å². The van der Waals surface area contributed by atoms with Gasteiger partial charge in [-0.3, -0.25) is 9.59 Å². The van der Waals surface area contributed by atoms with Crippen molar-refractivity contribution in [2.24, 2.45) is 0 Å². The Bertz CT molecular complexity index is 1300. The molecule has 0 aliphatic heterocycles. The minimum Gasteiger partial charge on any atom is -0.466 e. The number of hydrogen-bond donors (Lipinski definition) is 3. The second-order valence-corrected chi connectivity index (χ2v) is 26.3. The zero-order chi connectivity index (χ0) is 59.9. The lowest BCUT2D eigenvalue weighted by atomic mass is 10.0. The first-order chi connectivity index (χ1) is 41.0. The number of unbranched alkanes of at least 4 members (excludes halogenated alkanes) is 59. The molecule has 6 nitrogen and oxygen atoms in total. The fourth-order valence-electron chi connectivity index (χ4n) is 12.2. The van der Waals surface area contributed by atoms with Crippen LogP contribution < -0.4 is 5.32 Å². The van der Waals surface area contributed by atoms with E-state index in [1.165, 1.54) is 360 Å². The number of hydrogen-bond acceptors (Lipinski definition) is 5. The Balaban J connectivity index is 3.30. The number of rotatable bonds is 72. The van der Waals surface area contributed by atoms with Gasteiger partial charge in [0, 0.05) is 12.8 Å². The molecule has 0 bridgehead atoms. The predicted octanol–water partition coefficient (Wildman–Crippen LogP) is 24.9. The molecule has 3 N–H and O–H groups in total. The summed E-state index contributed by atoms with van der Waals surface area (Å²) in [6, 6.07) is -0.623. The number of nitrogens with one attached hydrogen (secondary N) is 1. The van der Waals surface area contributed by atoms with E-state index >= 15 is 0 Å². The molecular formula is C77H149NO5. The van der Waals surface area contributed by atoms with Gasteiger partial charge in [0.05, 0.1) is 25.4 Å². The Morgan fingerprint density at radius 3 is 0.892 bits per heavy atom. The summed E-state index contributed by atoms with van der Waals surface area (Å²) in [4.78, 5) is 24.5. The fraction of sp³-hybridized carbons (Fsp3) is 0.922. The summed E-state index contributed by atoms with van der Waals surface area (Å²) >= 11 is 0. The van der Waals surface area contributed by atoms with Gasteiger partial charge in [-0.1, -0.05) is 391 Å². The molecule has 0 heterocycles. The van der Waals surface area contributed by atoms with Gasteiger partial charge in [-0.15, -0.1) is 0 Å². The van der Waals surface area contributed by atoms with Gasteiger partial charge in [0.2, 0.25) is 5.91 Å². The van der Waals surface area contributed by atoms with E-state index in [0.717, 1.165) is 44.9 Å². The van der Waals surface area contributed by atoms with Gasteiger partial charge in [-0.05, 0) is 51.4 Å². The third-order valence-electron chi connectivity index (χ3n) is 18.0. The molecular weight excluding hydrogens is 1020 g/mol. The second kappa shape index (κ2) is 72.8. The zero-order valence-corrected chi connectivity index (χ0v) is 56.5. The van der Waals surface area contributed by atoms with Crippen LogP contribution in [-0.4, -0.2) is 47.4 Å². The lowest BCUT2D eigenvalue weighted by molar-refractivity contribution is -0.143. The van der Waals surface area contributed by atoms with E-state index in [4.69, 9.17) is 4.74 Å². The molecule has 0 aliphatic carbocycles. The van der Waals surface area contributed by atoms with Crippen LogP contribution >= 0.6 is 0 Å². The van der Waals surface area contributed by atoms with Gasteiger partial charge in [0.1, 0.15) is 0 Å². The maximum Gasteiger partial charge on any atom is 0.305 e. The van der Waals surface area contributed by atoms with E-state index in [0.29, 0.717) is 19.4 Å². The SMILES string of the molecule is CCCC/C=C\CCCCCCCC(=O)OCCCCCCCCCCCCCCCCCCCCCCCCCCCCCCCCCCCCCCCCCC(=O)NC(CO)C(O)/C=C/CCCCCCCCCCCCCCCC. The summed E-state index contributed by atoms with van der Waals surface area (Å²) in [5.41, 5.74) is 0. The molecule has 0 spiro atoms. The Morgan fingerprint density at radius 1 is 0.325 bits per heavy atom. The molecule has 0 saturated heterocycles. The molecule has 0 aromatic carbocycles. The van der Waals surface area contributed by atoms with Crippen molar-refractivity contribution in [2.75, 3.05) is 13.2 Å². The van der Waals surface area contributed by atoms with Crippen molar-refractivity contribution < 1.29 is 24.5 Å². The Hall–Kier alpha value is -1.66. The van der Waals surface area contributed by atoms with Gasteiger partial charge in [0.15, 0.2) is 0 Å². The summed E-state index contributed by atoms with van der Waals surface area (Å²) in [5, 5.41) is 23.2. The van der Waals surface area contributed by atoms with Crippen LogP contribution in [0, 0.1) is 0 Å². The van der Waals surface area contributed by atoms with Crippen LogP contribution in [0.4, 0.5) is 0 Å². The van der Waals surface area contributed by atoms with Crippen molar-refractivity contribution in [3.63, 3.8) is 0 Å². The predicted molar refractivity (Wildman–Crippen MR) is 366 cm³/mol. The highest BCUT2D eigenvalue weighted by Crippen LogP contribution is 2.20. The smallest absolute Gasteiger partial charge is 0.305 e. The monoisotopic (exact) mass is 1170 g/mol. The number of carbonyl (C=O) groups is 2. The molecule has 6 heteroatoms. The normalized spacial score (nSPS) is 12.6.